The van der Waals surface area contributed by atoms with Gasteiger partial charge in [0.05, 0.1) is 13.1 Å². The highest BCUT2D eigenvalue weighted by atomic mass is 32.2. The van der Waals surface area contributed by atoms with Gasteiger partial charge in [-0.2, -0.15) is 11.8 Å². The molecule has 1 heterocycles. The molecule has 5 nitrogen and oxygen atoms in total. The van der Waals surface area contributed by atoms with E-state index in [4.69, 9.17) is 5.73 Å². The molecule has 0 spiro atoms. The number of nitrogens with zero attached hydrogens (tertiary/aromatic N) is 4. The summed E-state index contributed by atoms with van der Waals surface area (Å²) in [6, 6.07) is 0. The molecule has 0 saturated carbocycles. The number of rotatable bonds is 6. The van der Waals surface area contributed by atoms with E-state index < -0.39 is 0 Å². The zero-order valence-corrected chi connectivity index (χ0v) is 10.4. The number of nitrogens with two attached hydrogens (primary N) is 1. The summed E-state index contributed by atoms with van der Waals surface area (Å²) in [7, 11) is 0. The van der Waals surface area contributed by atoms with Crippen molar-refractivity contribution in [2.45, 2.75) is 44.5 Å². The molecule has 0 aromatic carbocycles. The molecule has 86 valence electrons. The fraction of sp³-hybridized carbons (Fsp3) is 0.889. The number of aromatic nitrogens is 4. The van der Waals surface area contributed by atoms with Crippen LogP contribution in [-0.4, -0.2) is 31.2 Å². The Labute approximate surface area is 94.8 Å². The predicted octanol–water partition coefficient (Wildman–Crippen LogP) is 1.05. The summed E-state index contributed by atoms with van der Waals surface area (Å²) in [5.41, 5.74) is 5.57. The molecular weight excluding hydrogens is 210 g/mol. The minimum atomic E-state index is 0.222. The van der Waals surface area contributed by atoms with Gasteiger partial charge in [-0.25, -0.2) is 4.68 Å². The average molecular weight is 229 g/mol. The molecule has 1 aromatic heterocycles. The second-order valence-electron chi connectivity index (χ2n) is 3.55. The second-order valence-corrected chi connectivity index (χ2v) is 4.83. The lowest BCUT2D eigenvalue weighted by molar-refractivity contribution is 0.422. The van der Waals surface area contributed by atoms with Crippen molar-refractivity contribution in [1.29, 1.82) is 0 Å². The van der Waals surface area contributed by atoms with Gasteiger partial charge in [0.25, 0.3) is 0 Å². The Bertz CT molecular complexity index is 286. The molecule has 0 atom stereocenters. The summed E-state index contributed by atoms with van der Waals surface area (Å²) in [4.78, 5) is 0. The molecule has 0 unspecified atom stereocenters. The van der Waals surface area contributed by atoms with Crippen LogP contribution in [0.25, 0.3) is 0 Å². The van der Waals surface area contributed by atoms with Gasteiger partial charge in [-0.15, -0.1) is 5.10 Å². The molecule has 2 N–H and O–H groups in total. The van der Waals surface area contributed by atoms with Crippen LogP contribution in [0.4, 0.5) is 0 Å². The van der Waals surface area contributed by atoms with Gasteiger partial charge in [-0.3, -0.25) is 0 Å². The van der Waals surface area contributed by atoms with Gasteiger partial charge in [0.2, 0.25) is 0 Å². The molecular formula is C9H19N5S. The fourth-order valence-electron chi connectivity index (χ4n) is 1.59. The molecule has 6 heteroatoms. The van der Waals surface area contributed by atoms with Gasteiger partial charge in [0.1, 0.15) is 0 Å². The van der Waals surface area contributed by atoms with Crippen LogP contribution in [0.5, 0.6) is 0 Å². The van der Waals surface area contributed by atoms with Crippen LogP contribution in [0.3, 0.4) is 0 Å². The van der Waals surface area contributed by atoms with Crippen molar-refractivity contribution in [1.82, 2.24) is 20.2 Å². The molecule has 0 aliphatic carbocycles. The standard InChI is InChI=1S/C9H19N5S/c1-4-9(5-2,15-3)7-14-8(6-10)11-12-13-14/h4-7,10H2,1-3H3. The number of hydrogen-bond acceptors (Lipinski definition) is 5. The van der Waals surface area contributed by atoms with Crippen molar-refractivity contribution in [3.05, 3.63) is 5.82 Å². The van der Waals surface area contributed by atoms with E-state index in [-0.39, 0.29) is 4.75 Å². The third-order valence-electron chi connectivity index (χ3n) is 2.95. The van der Waals surface area contributed by atoms with E-state index in [1.54, 1.807) is 0 Å². The Morgan fingerprint density at radius 1 is 1.40 bits per heavy atom. The van der Waals surface area contributed by atoms with E-state index in [9.17, 15) is 0 Å². The Morgan fingerprint density at radius 2 is 2.07 bits per heavy atom. The van der Waals surface area contributed by atoms with Gasteiger partial charge in [0, 0.05) is 4.75 Å². The lowest BCUT2D eigenvalue weighted by Crippen LogP contribution is -2.30. The first-order valence-electron chi connectivity index (χ1n) is 5.21. The third-order valence-corrected chi connectivity index (χ3v) is 4.52. The van der Waals surface area contributed by atoms with Gasteiger partial charge in [-0.05, 0) is 29.5 Å². The molecule has 0 saturated heterocycles. The van der Waals surface area contributed by atoms with Crippen LogP contribution < -0.4 is 5.73 Å². The lowest BCUT2D eigenvalue weighted by Gasteiger charge is -2.29. The maximum Gasteiger partial charge on any atom is 0.164 e. The minimum Gasteiger partial charge on any atom is -0.324 e. The van der Waals surface area contributed by atoms with E-state index in [1.807, 2.05) is 16.4 Å². The van der Waals surface area contributed by atoms with Crippen LogP contribution >= 0.6 is 11.8 Å². The van der Waals surface area contributed by atoms with Gasteiger partial charge in [0.15, 0.2) is 5.82 Å². The fourth-order valence-corrected chi connectivity index (χ4v) is 2.42. The predicted molar refractivity (Wildman–Crippen MR) is 62.5 cm³/mol. The smallest absolute Gasteiger partial charge is 0.164 e. The maximum atomic E-state index is 5.57. The molecule has 1 aromatic rings. The minimum absolute atomic E-state index is 0.222. The number of thioether (sulfide) groups is 1. The Kier molecular flexibility index (Phi) is 4.53. The molecule has 0 bridgehead atoms. The quantitative estimate of drug-likeness (QED) is 0.789. The lowest BCUT2D eigenvalue weighted by atomic mass is 10.0. The van der Waals surface area contributed by atoms with Gasteiger partial charge >= 0.3 is 0 Å². The van der Waals surface area contributed by atoms with E-state index in [2.05, 4.69) is 35.6 Å². The highest BCUT2D eigenvalue weighted by Gasteiger charge is 2.27. The van der Waals surface area contributed by atoms with Crippen LogP contribution in [0.2, 0.25) is 0 Å². The van der Waals surface area contributed by atoms with Crippen molar-refractivity contribution in [3.63, 3.8) is 0 Å². The number of tetrazole rings is 1. The molecule has 0 fully saturated rings. The first kappa shape index (κ1) is 12.4. The molecule has 15 heavy (non-hydrogen) atoms. The van der Waals surface area contributed by atoms with Gasteiger partial charge in [-0.1, -0.05) is 13.8 Å². The van der Waals surface area contributed by atoms with E-state index in [0.29, 0.717) is 6.54 Å². The highest BCUT2D eigenvalue weighted by molar-refractivity contribution is 8.00. The third kappa shape index (κ3) is 2.69. The zero-order chi connectivity index (χ0) is 11.3. The monoisotopic (exact) mass is 229 g/mol. The molecule has 0 amide bonds. The van der Waals surface area contributed by atoms with Crippen LogP contribution in [0.1, 0.15) is 32.5 Å². The summed E-state index contributed by atoms with van der Waals surface area (Å²) in [6.07, 6.45) is 4.35. The van der Waals surface area contributed by atoms with Crippen LogP contribution in [-0.2, 0) is 13.1 Å². The van der Waals surface area contributed by atoms with E-state index in [0.717, 1.165) is 25.2 Å². The number of hydrogen-bond donors (Lipinski definition) is 1. The van der Waals surface area contributed by atoms with Crippen molar-refractivity contribution in [2.75, 3.05) is 6.26 Å². The summed E-state index contributed by atoms with van der Waals surface area (Å²) >= 11 is 1.88. The molecule has 1 rings (SSSR count). The molecule has 0 radical (unpaired) electrons. The normalized spacial score (nSPS) is 12.0. The topological polar surface area (TPSA) is 69.6 Å². The summed E-state index contributed by atoms with van der Waals surface area (Å²) < 4.78 is 2.04. The maximum absolute atomic E-state index is 5.57. The van der Waals surface area contributed by atoms with E-state index in [1.165, 1.54) is 0 Å². The van der Waals surface area contributed by atoms with E-state index >= 15 is 0 Å². The van der Waals surface area contributed by atoms with Crippen molar-refractivity contribution in [2.24, 2.45) is 5.73 Å². The largest absolute Gasteiger partial charge is 0.324 e. The summed E-state index contributed by atoms with van der Waals surface area (Å²) in [6.45, 7) is 5.63. The van der Waals surface area contributed by atoms with Crippen LogP contribution in [0, 0.1) is 0 Å². The van der Waals surface area contributed by atoms with Crippen molar-refractivity contribution in [3.8, 4) is 0 Å². The van der Waals surface area contributed by atoms with Crippen molar-refractivity contribution < 1.29 is 0 Å². The summed E-state index contributed by atoms with van der Waals surface area (Å²) in [5, 5.41) is 11.5. The van der Waals surface area contributed by atoms with Crippen LogP contribution in [0.15, 0.2) is 0 Å². The SMILES string of the molecule is CCC(CC)(Cn1nnnc1CN)SC. The highest BCUT2D eigenvalue weighted by Crippen LogP contribution is 2.32. The average Bonchev–Trinajstić information content (AvgIpc) is 2.73. The molecule has 0 aliphatic heterocycles. The van der Waals surface area contributed by atoms with Gasteiger partial charge < -0.3 is 5.73 Å². The zero-order valence-electron chi connectivity index (χ0n) is 9.60. The Hall–Kier alpha value is -0.620. The summed E-state index contributed by atoms with van der Waals surface area (Å²) in [5.74, 6) is 0.760. The Balaban J connectivity index is 2.82. The second kappa shape index (κ2) is 5.46. The molecule has 0 aliphatic rings. The first-order valence-corrected chi connectivity index (χ1v) is 6.44. The van der Waals surface area contributed by atoms with Crippen molar-refractivity contribution >= 4 is 11.8 Å². The Morgan fingerprint density at radius 3 is 2.53 bits per heavy atom. The first-order chi connectivity index (χ1) is 7.21.